The van der Waals surface area contributed by atoms with Crippen LogP contribution in [-0.2, 0) is 29.8 Å². The van der Waals surface area contributed by atoms with Gasteiger partial charge >= 0.3 is 5.97 Å². The maximum atomic E-state index is 11.9. The van der Waals surface area contributed by atoms with Gasteiger partial charge in [0, 0.05) is 19.3 Å². The van der Waals surface area contributed by atoms with Crippen molar-refractivity contribution in [3.05, 3.63) is 57.6 Å². The zero-order chi connectivity index (χ0) is 29.5. The fourth-order valence-electron chi connectivity index (χ4n) is 3.65. The molecule has 39 heavy (non-hydrogen) atoms. The second-order valence-corrected chi connectivity index (χ2v) is 12.4. The molecule has 0 saturated heterocycles. The van der Waals surface area contributed by atoms with E-state index in [1.165, 1.54) is 6.92 Å². The summed E-state index contributed by atoms with van der Waals surface area (Å²) in [6.07, 6.45) is -0.964. The highest BCUT2D eigenvalue weighted by Crippen LogP contribution is 2.40. The smallest absolute Gasteiger partial charge is 0.303 e. The molecule has 0 aliphatic rings. The molecule has 1 N–H and O–H groups in total. The van der Waals surface area contributed by atoms with Crippen molar-refractivity contribution in [1.82, 2.24) is 4.31 Å². The van der Waals surface area contributed by atoms with Gasteiger partial charge in [-0.05, 0) is 35.4 Å². The first kappa shape index (κ1) is 33.0. The normalized spacial score (nSPS) is 13.4. The molecular formula is C26H32Cl3NO8S. The van der Waals surface area contributed by atoms with Crippen LogP contribution in [0, 0.1) is 0 Å². The minimum absolute atomic E-state index is 0.0159. The van der Waals surface area contributed by atoms with Gasteiger partial charge in [-0.1, -0.05) is 49.2 Å². The molecule has 2 aromatic rings. The Hall–Kier alpha value is -2.24. The molecule has 0 radical (unpaired) electrons. The third-order valence-electron chi connectivity index (χ3n) is 5.78. The van der Waals surface area contributed by atoms with Crippen molar-refractivity contribution in [2.45, 2.75) is 45.3 Å². The van der Waals surface area contributed by atoms with Gasteiger partial charge in [0.2, 0.25) is 15.9 Å². The van der Waals surface area contributed by atoms with Gasteiger partial charge in [-0.25, -0.2) is 12.7 Å². The summed E-state index contributed by atoms with van der Waals surface area (Å²) >= 11 is 18.5. The van der Waals surface area contributed by atoms with Gasteiger partial charge in [-0.15, -0.1) is 11.6 Å². The number of halogens is 3. The Morgan fingerprint density at radius 3 is 2.03 bits per heavy atom. The molecule has 2 aromatic carbocycles. The number of carbonyl (C=O) groups is 2. The van der Waals surface area contributed by atoms with Crippen LogP contribution in [0.2, 0.25) is 10.0 Å². The molecule has 0 aliphatic heterocycles. The van der Waals surface area contributed by atoms with Crippen molar-refractivity contribution in [2.75, 3.05) is 31.9 Å². The minimum atomic E-state index is -3.85. The fourth-order valence-corrected chi connectivity index (χ4v) is 5.24. The molecule has 0 aliphatic carbocycles. The molecule has 0 aromatic heterocycles. The second kappa shape index (κ2) is 13.9. The number of hydrogen-bond donors (Lipinski definition) is 1. The summed E-state index contributed by atoms with van der Waals surface area (Å²) < 4.78 is 41.0. The van der Waals surface area contributed by atoms with Crippen molar-refractivity contribution in [3.63, 3.8) is 0 Å². The first-order valence-electron chi connectivity index (χ1n) is 11.8. The molecule has 0 unspecified atom stereocenters. The van der Waals surface area contributed by atoms with E-state index < -0.39 is 39.5 Å². The standard InChI is InChI=1S/C26H32Cl3NO8S/c1-16(31)30(39(5,34)35)13-22(38-17(2)32)15-36-21-8-6-18(7-9-21)26(3,4)19-10-23(28)25(24(29)11-19)37-14-20(33)12-27/h6-11,20,22,33H,12-15H2,1-5H3/t20-,22+/m0/s1. The number of benzene rings is 2. The van der Waals surface area contributed by atoms with Crippen LogP contribution in [0.4, 0.5) is 0 Å². The fraction of sp³-hybridized carbons (Fsp3) is 0.462. The number of aliphatic hydroxyl groups excluding tert-OH is 1. The number of alkyl halides is 1. The van der Waals surface area contributed by atoms with E-state index in [1.807, 2.05) is 26.0 Å². The number of aliphatic hydroxyl groups is 1. The lowest BCUT2D eigenvalue weighted by Gasteiger charge is -2.28. The summed E-state index contributed by atoms with van der Waals surface area (Å²) in [5.41, 5.74) is 1.19. The lowest BCUT2D eigenvalue weighted by molar-refractivity contribution is -0.149. The van der Waals surface area contributed by atoms with Crippen LogP contribution < -0.4 is 9.47 Å². The molecule has 13 heteroatoms. The first-order chi connectivity index (χ1) is 18.1. The third-order valence-corrected chi connectivity index (χ3v) is 7.91. The average molecular weight is 625 g/mol. The second-order valence-electron chi connectivity index (χ2n) is 9.39. The van der Waals surface area contributed by atoms with E-state index in [4.69, 9.17) is 49.0 Å². The van der Waals surface area contributed by atoms with Gasteiger partial charge in [0.05, 0.1) is 28.7 Å². The highest BCUT2D eigenvalue weighted by atomic mass is 35.5. The van der Waals surface area contributed by atoms with Crippen LogP contribution >= 0.6 is 34.8 Å². The quantitative estimate of drug-likeness (QED) is 0.257. The van der Waals surface area contributed by atoms with Crippen LogP contribution in [-0.4, -0.2) is 73.8 Å². The first-order valence-corrected chi connectivity index (χ1v) is 14.9. The number of carbonyl (C=O) groups excluding carboxylic acids is 2. The van der Waals surface area contributed by atoms with Crippen LogP contribution in [0.3, 0.4) is 0 Å². The van der Waals surface area contributed by atoms with Crippen LogP contribution in [0.25, 0.3) is 0 Å². The van der Waals surface area contributed by atoms with Crippen molar-refractivity contribution < 1.29 is 37.3 Å². The topological polar surface area (TPSA) is 119 Å². The van der Waals surface area contributed by atoms with Crippen molar-refractivity contribution in [3.8, 4) is 11.5 Å². The SMILES string of the molecule is CC(=O)O[C@@H](COc1ccc(C(C)(C)c2cc(Cl)c(OC[C@@H](O)CCl)c(Cl)c2)cc1)CN(C(C)=O)S(C)(=O)=O. The number of nitrogens with zero attached hydrogens (tertiary/aromatic N) is 1. The van der Waals surface area contributed by atoms with Crippen molar-refractivity contribution in [2.24, 2.45) is 0 Å². The van der Waals surface area contributed by atoms with Crippen molar-refractivity contribution >= 4 is 56.7 Å². The molecule has 0 bridgehead atoms. The monoisotopic (exact) mass is 623 g/mol. The van der Waals surface area contributed by atoms with E-state index >= 15 is 0 Å². The number of hydrogen-bond acceptors (Lipinski definition) is 8. The average Bonchev–Trinajstić information content (AvgIpc) is 2.83. The lowest BCUT2D eigenvalue weighted by atomic mass is 9.78. The zero-order valence-electron chi connectivity index (χ0n) is 22.2. The van der Waals surface area contributed by atoms with E-state index in [0.29, 0.717) is 10.1 Å². The summed E-state index contributed by atoms with van der Waals surface area (Å²) in [7, 11) is -3.85. The van der Waals surface area contributed by atoms with Crippen LogP contribution in [0.5, 0.6) is 11.5 Å². The highest BCUT2D eigenvalue weighted by Gasteiger charge is 2.28. The summed E-state index contributed by atoms with van der Waals surface area (Å²) in [5.74, 6) is -0.622. The van der Waals surface area contributed by atoms with Gasteiger partial charge in [-0.2, -0.15) is 0 Å². The Labute approximate surface area is 243 Å². The molecule has 0 saturated carbocycles. The van der Waals surface area contributed by atoms with Gasteiger partial charge in [0.15, 0.2) is 11.9 Å². The molecule has 1 amide bonds. The lowest BCUT2D eigenvalue weighted by Crippen LogP contribution is -2.43. The van der Waals surface area contributed by atoms with Gasteiger partial charge in [0.25, 0.3) is 0 Å². The maximum absolute atomic E-state index is 11.9. The van der Waals surface area contributed by atoms with Crippen molar-refractivity contribution in [1.29, 1.82) is 0 Å². The van der Waals surface area contributed by atoms with Crippen LogP contribution in [0.15, 0.2) is 36.4 Å². The van der Waals surface area contributed by atoms with E-state index in [-0.39, 0.29) is 41.4 Å². The molecule has 2 rings (SSSR count). The molecule has 0 fully saturated rings. The summed E-state index contributed by atoms with van der Waals surface area (Å²) in [4.78, 5) is 23.3. The highest BCUT2D eigenvalue weighted by molar-refractivity contribution is 7.88. The number of amides is 1. The predicted octanol–water partition coefficient (Wildman–Crippen LogP) is 4.42. The molecule has 0 heterocycles. The third kappa shape index (κ3) is 9.42. The minimum Gasteiger partial charge on any atom is -0.490 e. The van der Waals surface area contributed by atoms with E-state index in [2.05, 4.69) is 0 Å². The van der Waals surface area contributed by atoms with E-state index in [1.54, 1.807) is 24.3 Å². The zero-order valence-corrected chi connectivity index (χ0v) is 25.3. The molecule has 0 spiro atoms. The number of esters is 1. The Morgan fingerprint density at radius 2 is 1.56 bits per heavy atom. The van der Waals surface area contributed by atoms with Gasteiger partial charge in [0.1, 0.15) is 25.1 Å². The van der Waals surface area contributed by atoms with Crippen LogP contribution in [0.1, 0.15) is 38.8 Å². The maximum Gasteiger partial charge on any atom is 0.303 e. The number of ether oxygens (including phenoxy) is 3. The number of rotatable bonds is 13. The molecule has 216 valence electrons. The Morgan fingerprint density at radius 1 is 1.00 bits per heavy atom. The Balaban J connectivity index is 2.18. The largest absolute Gasteiger partial charge is 0.490 e. The van der Waals surface area contributed by atoms with Gasteiger partial charge < -0.3 is 19.3 Å². The van der Waals surface area contributed by atoms with E-state index in [0.717, 1.165) is 24.3 Å². The summed E-state index contributed by atoms with van der Waals surface area (Å²) in [6.45, 7) is 5.68. The molecule has 2 atom stereocenters. The molecular weight excluding hydrogens is 593 g/mol. The summed E-state index contributed by atoms with van der Waals surface area (Å²) in [5, 5.41) is 10.2. The summed E-state index contributed by atoms with van der Waals surface area (Å²) in [6, 6.07) is 10.6. The Kier molecular flexibility index (Phi) is 11.7. The van der Waals surface area contributed by atoms with E-state index in [9.17, 15) is 23.1 Å². The Bertz CT molecular complexity index is 1250. The molecule has 9 nitrogen and oxygen atoms in total. The number of sulfonamides is 1. The van der Waals surface area contributed by atoms with Gasteiger partial charge in [-0.3, -0.25) is 9.59 Å². The predicted molar refractivity (Wildman–Crippen MR) is 151 cm³/mol.